The molecule has 10 nitrogen and oxygen atoms in total. The molecule has 176 valence electrons. The van der Waals surface area contributed by atoms with Crippen LogP contribution in [-0.4, -0.2) is 31.0 Å². The average molecular weight is 500 g/mol. The number of nitrogens with one attached hydrogen (secondary N) is 4. The molecule has 0 aliphatic rings. The van der Waals surface area contributed by atoms with Crippen LogP contribution in [0.2, 0.25) is 0 Å². The van der Waals surface area contributed by atoms with Gasteiger partial charge in [-0.1, -0.05) is 0 Å². The van der Waals surface area contributed by atoms with Crippen molar-refractivity contribution in [2.75, 3.05) is 17.7 Å². The summed E-state index contributed by atoms with van der Waals surface area (Å²) in [5.74, 6) is 0. The van der Waals surface area contributed by atoms with Crippen molar-refractivity contribution in [2.45, 2.75) is 18.1 Å². The van der Waals surface area contributed by atoms with Crippen LogP contribution >= 0.6 is 11.3 Å². The molecular weight excluding hydrogens is 478 g/mol. The number of hydrogen-bond acceptors (Lipinski definition) is 7. The number of rotatable bonds is 5. The van der Waals surface area contributed by atoms with E-state index >= 15 is 0 Å². The standard InChI is InChI=1S/C22H21N5O5S2/c1-12-10-15(24-21(29)26-34(31,32)19-9-4-13(2)33-19)6-8-18(12)27-20(28)16-7-5-14(23-3)11-17(16)25-22(27)30/h4-11,23H,1-3H3,(H,25,30)(H2,24,26,29). The predicted molar refractivity (Wildman–Crippen MR) is 133 cm³/mol. The maximum Gasteiger partial charge on any atom is 0.333 e. The number of amides is 2. The number of carbonyl (C=O) groups excluding carboxylic acids is 1. The lowest BCUT2D eigenvalue weighted by Gasteiger charge is -2.12. The zero-order valence-corrected chi connectivity index (χ0v) is 20.1. The third kappa shape index (κ3) is 4.45. The van der Waals surface area contributed by atoms with Gasteiger partial charge in [-0.2, -0.15) is 0 Å². The van der Waals surface area contributed by atoms with Gasteiger partial charge < -0.3 is 15.6 Å². The normalized spacial score (nSPS) is 11.4. The second-order valence-electron chi connectivity index (χ2n) is 7.51. The van der Waals surface area contributed by atoms with E-state index in [1.165, 1.54) is 24.3 Å². The highest BCUT2D eigenvalue weighted by Crippen LogP contribution is 2.21. The first-order chi connectivity index (χ1) is 16.1. The van der Waals surface area contributed by atoms with Gasteiger partial charge in [0.25, 0.3) is 15.6 Å². The van der Waals surface area contributed by atoms with Crippen LogP contribution in [0.4, 0.5) is 16.2 Å². The number of aromatic nitrogens is 2. The smallest absolute Gasteiger partial charge is 0.333 e. The van der Waals surface area contributed by atoms with Crippen molar-refractivity contribution in [1.29, 1.82) is 0 Å². The van der Waals surface area contributed by atoms with E-state index in [9.17, 15) is 22.8 Å². The summed E-state index contributed by atoms with van der Waals surface area (Å²) in [7, 11) is -2.26. The first-order valence-electron chi connectivity index (χ1n) is 10.1. The number of urea groups is 1. The molecule has 2 amide bonds. The van der Waals surface area contributed by atoms with E-state index in [0.29, 0.717) is 27.8 Å². The summed E-state index contributed by atoms with van der Waals surface area (Å²) in [4.78, 5) is 41.5. The molecule has 0 unspecified atom stereocenters. The van der Waals surface area contributed by atoms with Gasteiger partial charge in [0.2, 0.25) is 0 Å². The SMILES string of the molecule is CNc1ccc2c(=O)n(-c3ccc(NC(=O)NS(=O)(=O)c4ccc(C)s4)cc3C)c(=O)[nH]c2c1. The summed E-state index contributed by atoms with van der Waals surface area (Å²) in [5.41, 5.74) is 1.21. The topological polar surface area (TPSA) is 142 Å². The van der Waals surface area contributed by atoms with Gasteiger partial charge >= 0.3 is 11.7 Å². The molecule has 0 spiro atoms. The fourth-order valence-corrected chi connectivity index (χ4v) is 5.65. The first kappa shape index (κ1) is 23.3. The van der Waals surface area contributed by atoms with Crippen LogP contribution in [0.1, 0.15) is 10.4 Å². The molecule has 12 heteroatoms. The Balaban J connectivity index is 1.61. The molecular formula is C22H21N5O5S2. The number of thiophene rings is 1. The van der Waals surface area contributed by atoms with Crippen molar-refractivity contribution in [3.05, 3.63) is 79.8 Å². The minimum atomic E-state index is -4.00. The maximum absolute atomic E-state index is 13.0. The van der Waals surface area contributed by atoms with Gasteiger partial charge in [-0.05, 0) is 67.9 Å². The Kier molecular flexibility index (Phi) is 6.02. The maximum atomic E-state index is 13.0. The summed E-state index contributed by atoms with van der Waals surface area (Å²) in [6, 6.07) is 11.7. The Hall–Kier alpha value is -3.90. The van der Waals surface area contributed by atoms with Crippen molar-refractivity contribution in [3.8, 4) is 5.69 Å². The van der Waals surface area contributed by atoms with Gasteiger partial charge in [-0.15, -0.1) is 11.3 Å². The Bertz CT molecular complexity index is 1650. The minimum Gasteiger partial charge on any atom is -0.388 e. The van der Waals surface area contributed by atoms with Crippen molar-refractivity contribution in [2.24, 2.45) is 0 Å². The summed E-state index contributed by atoms with van der Waals surface area (Å²) < 4.78 is 27.7. The lowest BCUT2D eigenvalue weighted by Crippen LogP contribution is -2.34. The number of anilines is 2. The second kappa shape index (κ2) is 8.80. The minimum absolute atomic E-state index is 0.0309. The second-order valence-corrected chi connectivity index (χ2v) is 10.7. The summed E-state index contributed by atoms with van der Waals surface area (Å²) in [5, 5.41) is 5.75. The molecule has 0 bridgehead atoms. The molecule has 0 aliphatic carbocycles. The largest absolute Gasteiger partial charge is 0.388 e. The lowest BCUT2D eigenvalue weighted by molar-refractivity contribution is 0.256. The molecule has 0 atom stereocenters. The van der Waals surface area contributed by atoms with Crippen molar-refractivity contribution in [3.63, 3.8) is 0 Å². The fraction of sp³-hybridized carbons (Fsp3) is 0.136. The molecule has 34 heavy (non-hydrogen) atoms. The van der Waals surface area contributed by atoms with E-state index in [4.69, 9.17) is 0 Å². The number of carbonyl (C=O) groups is 1. The molecule has 0 saturated carbocycles. The molecule has 0 radical (unpaired) electrons. The number of benzene rings is 2. The third-order valence-electron chi connectivity index (χ3n) is 5.09. The van der Waals surface area contributed by atoms with Gasteiger partial charge in [0, 0.05) is 23.3 Å². The molecule has 4 aromatic rings. The van der Waals surface area contributed by atoms with Crippen LogP contribution in [0.5, 0.6) is 0 Å². The van der Waals surface area contributed by atoms with Crippen LogP contribution in [0.25, 0.3) is 16.6 Å². The third-order valence-corrected chi connectivity index (χ3v) is 7.91. The van der Waals surface area contributed by atoms with Gasteiger partial charge in [0.05, 0.1) is 16.6 Å². The van der Waals surface area contributed by atoms with Gasteiger partial charge in [-0.25, -0.2) is 27.3 Å². The Morgan fingerprint density at radius 1 is 1.00 bits per heavy atom. The van der Waals surface area contributed by atoms with Crippen LogP contribution in [-0.2, 0) is 10.0 Å². The summed E-state index contributed by atoms with van der Waals surface area (Å²) in [6.07, 6.45) is 0. The van der Waals surface area contributed by atoms with Crippen LogP contribution in [0.3, 0.4) is 0 Å². The number of aromatic amines is 1. The van der Waals surface area contributed by atoms with Gasteiger partial charge in [0.1, 0.15) is 4.21 Å². The highest BCUT2D eigenvalue weighted by molar-refractivity contribution is 7.92. The summed E-state index contributed by atoms with van der Waals surface area (Å²) in [6.45, 7) is 3.43. The van der Waals surface area contributed by atoms with Gasteiger partial charge in [-0.3, -0.25) is 4.79 Å². The molecule has 2 aromatic carbocycles. The monoisotopic (exact) mass is 499 g/mol. The van der Waals surface area contributed by atoms with Gasteiger partial charge in [0.15, 0.2) is 0 Å². The highest BCUT2D eigenvalue weighted by Gasteiger charge is 2.20. The number of aryl methyl sites for hydroxylation is 2. The van der Waals surface area contributed by atoms with E-state index in [0.717, 1.165) is 26.5 Å². The zero-order chi connectivity index (χ0) is 24.6. The number of nitrogens with zero attached hydrogens (tertiary/aromatic N) is 1. The van der Waals surface area contributed by atoms with E-state index in [2.05, 4.69) is 15.6 Å². The fourth-order valence-electron chi connectivity index (χ4n) is 3.46. The van der Waals surface area contributed by atoms with E-state index in [1.807, 2.05) is 4.72 Å². The average Bonchev–Trinajstić information content (AvgIpc) is 3.21. The molecule has 4 rings (SSSR count). The van der Waals surface area contributed by atoms with Crippen molar-refractivity contribution >= 4 is 49.7 Å². The lowest BCUT2D eigenvalue weighted by atomic mass is 10.1. The first-order valence-corrected chi connectivity index (χ1v) is 12.4. The zero-order valence-electron chi connectivity index (χ0n) is 18.4. The quantitative estimate of drug-likeness (QED) is 0.333. The molecule has 2 aromatic heterocycles. The highest BCUT2D eigenvalue weighted by atomic mass is 32.2. The van der Waals surface area contributed by atoms with E-state index in [-0.39, 0.29) is 4.21 Å². The molecule has 0 aliphatic heterocycles. The molecule has 0 saturated heterocycles. The Morgan fingerprint density at radius 3 is 2.38 bits per heavy atom. The number of H-pyrrole nitrogens is 1. The van der Waals surface area contributed by atoms with Crippen LogP contribution < -0.4 is 26.6 Å². The number of sulfonamides is 1. The number of fused-ring (bicyclic) bond motifs is 1. The summed E-state index contributed by atoms with van der Waals surface area (Å²) >= 11 is 1.05. The van der Waals surface area contributed by atoms with E-state index < -0.39 is 27.3 Å². The molecule has 0 fully saturated rings. The molecule has 4 N–H and O–H groups in total. The predicted octanol–water partition coefficient (Wildman–Crippen LogP) is 2.91. The van der Waals surface area contributed by atoms with Crippen LogP contribution in [0.15, 0.2) is 62.3 Å². The number of hydrogen-bond donors (Lipinski definition) is 4. The van der Waals surface area contributed by atoms with E-state index in [1.54, 1.807) is 45.2 Å². The molecule has 2 heterocycles. The Labute approximate surface area is 198 Å². The Morgan fingerprint density at radius 2 is 1.74 bits per heavy atom. The van der Waals surface area contributed by atoms with Crippen molar-refractivity contribution in [1.82, 2.24) is 14.3 Å². The van der Waals surface area contributed by atoms with Crippen LogP contribution in [0, 0.1) is 13.8 Å². The van der Waals surface area contributed by atoms with Crippen molar-refractivity contribution < 1.29 is 13.2 Å².